The van der Waals surface area contributed by atoms with Crippen LogP contribution in [-0.2, 0) is 6.42 Å². The number of nitrogens with zero attached hydrogens (tertiary/aromatic N) is 7. The maximum absolute atomic E-state index is 11.3. The average molecular weight is 450 g/mol. The number of piperazine rings is 1. The van der Waals surface area contributed by atoms with Gasteiger partial charge in [-0.1, -0.05) is 0 Å². The predicted molar refractivity (Wildman–Crippen MR) is 121 cm³/mol. The number of pyridine rings is 1. The van der Waals surface area contributed by atoms with Gasteiger partial charge in [0.1, 0.15) is 16.6 Å². The molecule has 1 saturated heterocycles. The number of nitrogens with one attached hydrogen (secondary N) is 1. The fourth-order valence-electron chi connectivity index (χ4n) is 3.59. The summed E-state index contributed by atoms with van der Waals surface area (Å²) in [6.07, 6.45) is 2.43. The lowest BCUT2D eigenvalue weighted by atomic mass is 10.2. The van der Waals surface area contributed by atoms with E-state index in [4.69, 9.17) is 5.73 Å². The molecule has 4 heterocycles. The van der Waals surface area contributed by atoms with Crippen molar-refractivity contribution in [3.05, 3.63) is 46.2 Å². The van der Waals surface area contributed by atoms with Gasteiger partial charge in [-0.2, -0.15) is 5.26 Å². The van der Waals surface area contributed by atoms with Crippen molar-refractivity contribution >= 4 is 29.0 Å². The highest BCUT2D eigenvalue weighted by Crippen LogP contribution is 2.24. The van der Waals surface area contributed by atoms with Crippen LogP contribution in [0.1, 0.15) is 16.3 Å². The minimum Gasteiger partial charge on any atom is -0.351 e. The number of carbonyl (C=O) groups is 1. The highest BCUT2D eigenvalue weighted by molar-refractivity contribution is 7.10. The zero-order valence-electron chi connectivity index (χ0n) is 17.7. The first kappa shape index (κ1) is 21.6. The third-order valence-electron chi connectivity index (χ3n) is 5.20. The molecule has 3 aromatic heterocycles. The molecule has 0 atom stereocenters. The van der Waals surface area contributed by atoms with E-state index in [9.17, 15) is 10.1 Å². The van der Waals surface area contributed by atoms with Crippen LogP contribution in [0.5, 0.6) is 0 Å². The van der Waals surface area contributed by atoms with Crippen LogP contribution >= 0.6 is 11.3 Å². The van der Waals surface area contributed by atoms with Gasteiger partial charge in [0.25, 0.3) is 0 Å². The molecular weight excluding hydrogens is 426 g/mol. The topological polar surface area (TPSA) is 137 Å². The molecule has 0 radical (unpaired) electrons. The van der Waals surface area contributed by atoms with Gasteiger partial charge in [0.2, 0.25) is 5.95 Å². The maximum Gasteiger partial charge on any atom is 0.314 e. The molecule has 32 heavy (non-hydrogen) atoms. The molecule has 0 spiro atoms. The van der Waals surface area contributed by atoms with Crippen LogP contribution in [0.25, 0.3) is 11.4 Å². The van der Waals surface area contributed by atoms with E-state index >= 15 is 0 Å². The Labute approximate surface area is 189 Å². The van der Waals surface area contributed by atoms with Crippen LogP contribution in [0.3, 0.4) is 0 Å². The van der Waals surface area contributed by atoms with E-state index in [0.29, 0.717) is 35.3 Å². The van der Waals surface area contributed by atoms with Gasteiger partial charge < -0.3 is 16.0 Å². The lowest BCUT2D eigenvalue weighted by Crippen LogP contribution is -2.50. The van der Waals surface area contributed by atoms with Crippen molar-refractivity contribution in [1.82, 2.24) is 29.7 Å². The van der Waals surface area contributed by atoms with Gasteiger partial charge >= 0.3 is 6.03 Å². The van der Waals surface area contributed by atoms with Gasteiger partial charge in [0, 0.05) is 62.4 Å². The monoisotopic (exact) mass is 449 g/mol. The Hall–Kier alpha value is -3.62. The van der Waals surface area contributed by atoms with Crippen molar-refractivity contribution < 1.29 is 4.79 Å². The van der Waals surface area contributed by atoms with Crippen molar-refractivity contribution in [3.63, 3.8) is 0 Å². The molecule has 3 aromatic rings. The first-order chi connectivity index (χ1) is 15.5. The molecule has 4 rings (SSSR count). The zero-order valence-corrected chi connectivity index (χ0v) is 18.5. The molecule has 0 aromatic carbocycles. The molecule has 2 amide bonds. The molecule has 164 valence electrons. The van der Waals surface area contributed by atoms with Crippen LogP contribution in [0, 0.1) is 18.3 Å². The Morgan fingerprint density at radius 3 is 2.81 bits per heavy atom. The average Bonchev–Trinajstić information content (AvgIpc) is 3.27. The van der Waals surface area contributed by atoms with Crippen LogP contribution in [0.2, 0.25) is 0 Å². The third kappa shape index (κ3) is 5.16. The Bertz CT molecular complexity index is 1150. The summed E-state index contributed by atoms with van der Waals surface area (Å²) in [5.74, 6) is 0.429. The largest absolute Gasteiger partial charge is 0.351 e. The number of anilines is 2. The summed E-state index contributed by atoms with van der Waals surface area (Å²) in [5.41, 5.74) is 10.9. The number of hydrogen-bond donors (Lipinski definition) is 2. The number of aromatic nitrogens is 4. The van der Waals surface area contributed by atoms with Crippen molar-refractivity contribution in [2.75, 3.05) is 38.0 Å². The van der Waals surface area contributed by atoms with E-state index in [2.05, 4.69) is 36.2 Å². The van der Waals surface area contributed by atoms with Gasteiger partial charge in [-0.05, 0) is 25.1 Å². The van der Waals surface area contributed by atoms with E-state index in [1.54, 1.807) is 22.7 Å². The number of nitrogens with two attached hydrogens (primary N) is 1. The van der Waals surface area contributed by atoms with E-state index in [1.807, 2.05) is 19.1 Å². The van der Waals surface area contributed by atoms with Crippen molar-refractivity contribution in [2.45, 2.75) is 13.3 Å². The van der Waals surface area contributed by atoms with Gasteiger partial charge in [0.15, 0.2) is 0 Å². The normalized spacial score (nSPS) is 14.2. The number of primary amides is 1. The summed E-state index contributed by atoms with van der Waals surface area (Å²) in [6, 6.07) is 7.46. The second kappa shape index (κ2) is 9.67. The van der Waals surface area contributed by atoms with Gasteiger partial charge in [-0.25, -0.2) is 19.7 Å². The fourth-order valence-corrected chi connectivity index (χ4v) is 4.18. The van der Waals surface area contributed by atoms with E-state index in [0.717, 1.165) is 43.1 Å². The van der Waals surface area contributed by atoms with Crippen LogP contribution < -0.4 is 11.1 Å². The lowest BCUT2D eigenvalue weighted by molar-refractivity contribution is 0.145. The maximum atomic E-state index is 11.3. The van der Waals surface area contributed by atoms with Gasteiger partial charge in [-0.15, -0.1) is 11.3 Å². The highest BCUT2D eigenvalue weighted by atomic mass is 32.1. The number of hydrogen-bond acceptors (Lipinski definition) is 9. The summed E-state index contributed by atoms with van der Waals surface area (Å²) in [5, 5.41) is 12.5. The molecule has 11 heteroatoms. The second-order valence-corrected chi connectivity index (χ2v) is 8.29. The summed E-state index contributed by atoms with van der Waals surface area (Å²) < 4.78 is 0. The fraction of sp³-hybridized carbons (Fsp3) is 0.333. The summed E-state index contributed by atoms with van der Waals surface area (Å²) in [7, 11) is 0. The number of urea groups is 1. The zero-order chi connectivity index (χ0) is 22.5. The minimum atomic E-state index is -0.356. The molecule has 0 aliphatic carbocycles. The van der Waals surface area contributed by atoms with Crippen molar-refractivity contribution in [3.8, 4) is 17.5 Å². The van der Waals surface area contributed by atoms with Crippen LogP contribution in [0.15, 0.2) is 29.9 Å². The quantitative estimate of drug-likeness (QED) is 0.584. The SMILES string of the molecule is Cc1cc(Nc2nccc(-c3ncsc3C#N)n2)cc(CCN2CCN(C(N)=O)CC2)n1. The number of amides is 2. The molecule has 1 aliphatic heterocycles. The molecule has 0 bridgehead atoms. The molecule has 3 N–H and O–H groups in total. The van der Waals surface area contributed by atoms with Gasteiger partial charge in [0.05, 0.1) is 11.2 Å². The van der Waals surface area contributed by atoms with Crippen LogP contribution in [-0.4, -0.2) is 68.5 Å². The third-order valence-corrected chi connectivity index (χ3v) is 5.93. The summed E-state index contributed by atoms with van der Waals surface area (Å²) in [6.45, 7) is 5.73. The van der Waals surface area contributed by atoms with Crippen LogP contribution in [0.4, 0.5) is 16.4 Å². The Morgan fingerprint density at radius 1 is 1.25 bits per heavy atom. The lowest BCUT2D eigenvalue weighted by Gasteiger charge is -2.33. The highest BCUT2D eigenvalue weighted by Gasteiger charge is 2.19. The molecule has 1 aliphatic rings. The summed E-state index contributed by atoms with van der Waals surface area (Å²) in [4.78, 5) is 33.5. The molecule has 0 saturated carbocycles. The molecule has 1 fully saturated rings. The molecule has 10 nitrogen and oxygen atoms in total. The second-order valence-electron chi connectivity index (χ2n) is 7.44. The van der Waals surface area contributed by atoms with Gasteiger partial charge in [-0.3, -0.25) is 9.88 Å². The Kier molecular flexibility index (Phi) is 6.53. The number of rotatable bonds is 6. The molecular formula is C21H23N9OS. The first-order valence-corrected chi connectivity index (χ1v) is 11.1. The number of aryl methyl sites for hydroxylation is 1. The Balaban J connectivity index is 1.42. The van der Waals surface area contributed by atoms with Crippen molar-refractivity contribution in [2.24, 2.45) is 5.73 Å². The minimum absolute atomic E-state index is 0.356. The smallest absolute Gasteiger partial charge is 0.314 e. The molecule has 0 unspecified atom stereocenters. The number of thiazole rings is 1. The number of nitriles is 1. The van der Waals surface area contributed by atoms with Crippen molar-refractivity contribution in [1.29, 1.82) is 5.26 Å². The van der Waals surface area contributed by atoms with E-state index < -0.39 is 0 Å². The predicted octanol–water partition coefficient (Wildman–Crippen LogP) is 2.16. The van der Waals surface area contributed by atoms with E-state index in [-0.39, 0.29) is 6.03 Å². The number of carbonyl (C=O) groups excluding carboxylic acids is 1. The Morgan fingerprint density at radius 2 is 2.06 bits per heavy atom. The standard InChI is InChI=1S/C21H23N9OS/c1-14-10-16(11-15(26-14)3-5-29-6-8-30(9-7-29)20(23)31)27-21-24-4-2-17(28-21)19-18(12-22)32-13-25-19/h2,4,10-11,13H,3,5-9H2,1H3,(H2,23,31)(H,24,26,27,28). The first-order valence-electron chi connectivity index (χ1n) is 10.2. The van der Waals surface area contributed by atoms with E-state index in [1.165, 1.54) is 11.3 Å². The summed E-state index contributed by atoms with van der Waals surface area (Å²) >= 11 is 1.29.